The lowest BCUT2D eigenvalue weighted by molar-refractivity contribution is -0.144. The van der Waals surface area contributed by atoms with Crippen LogP contribution in [-0.4, -0.2) is 79.6 Å². The van der Waals surface area contributed by atoms with Crippen molar-refractivity contribution >= 4 is 37.9 Å². The maximum absolute atomic E-state index is 14.1. The lowest BCUT2D eigenvalue weighted by Crippen LogP contribution is -2.65. The Hall–Kier alpha value is -4.03. The predicted octanol–water partition coefficient (Wildman–Crippen LogP) is 5.04. The molecule has 4 amide bonds. The van der Waals surface area contributed by atoms with E-state index in [0.717, 1.165) is 11.1 Å². The van der Waals surface area contributed by atoms with Crippen LogP contribution in [0.25, 0.3) is 0 Å². The molecule has 2 aromatic carbocycles. The van der Waals surface area contributed by atoms with Crippen molar-refractivity contribution in [3.05, 3.63) is 71.3 Å². The van der Waals surface area contributed by atoms with E-state index in [-0.39, 0.29) is 36.8 Å². The molecule has 2 aliphatic rings. The minimum atomic E-state index is -1.93. The molecule has 0 aliphatic carbocycles. The summed E-state index contributed by atoms with van der Waals surface area (Å²) in [6, 6.07) is 13.9. The van der Waals surface area contributed by atoms with E-state index in [1.54, 1.807) is 43.0 Å². The van der Waals surface area contributed by atoms with Crippen LogP contribution in [0, 0.1) is 0 Å². The summed E-state index contributed by atoms with van der Waals surface area (Å²) in [5.41, 5.74) is 1.00. The maximum Gasteiger partial charge on any atom is 0.338 e. The van der Waals surface area contributed by atoms with Gasteiger partial charge in [0, 0.05) is 13.0 Å². The van der Waals surface area contributed by atoms with E-state index in [9.17, 15) is 24.0 Å². The number of amides is 4. The zero-order chi connectivity index (χ0) is 37.4. The Morgan fingerprint density at radius 2 is 1.59 bits per heavy atom. The zero-order valence-corrected chi connectivity index (χ0v) is 32.3. The predicted molar refractivity (Wildman–Crippen MR) is 198 cm³/mol. The lowest BCUT2D eigenvalue weighted by atomic mass is 9.94. The van der Waals surface area contributed by atoms with E-state index in [4.69, 9.17) is 9.16 Å². The first kappa shape index (κ1) is 39.7. The molecule has 12 heteroatoms. The summed E-state index contributed by atoms with van der Waals surface area (Å²) >= 11 is 0. The van der Waals surface area contributed by atoms with Crippen molar-refractivity contribution < 1.29 is 33.1 Å². The highest BCUT2D eigenvalue weighted by molar-refractivity contribution is 6.74. The Kier molecular flexibility index (Phi) is 13.2. The van der Waals surface area contributed by atoms with Gasteiger partial charge < -0.3 is 30.0 Å². The summed E-state index contributed by atoms with van der Waals surface area (Å²) < 4.78 is 11.7. The highest BCUT2D eigenvalue weighted by Crippen LogP contribution is 2.37. The fourth-order valence-corrected chi connectivity index (χ4v) is 6.94. The molecule has 278 valence electrons. The van der Waals surface area contributed by atoms with Gasteiger partial charge in [-0.3, -0.25) is 19.2 Å². The van der Waals surface area contributed by atoms with Gasteiger partial charge in [-0.05, 0) is 86.8 Å². The molecule has 0 bridgehead atoms. The van der Waals surface area contributed by atoms with Crippen molar-refractivity contribution in [1.82, 2.24) is 20.9 Å². The second-order valence-corrected chi connectivity index (χ2v) is 20.3. The van der Waals surface area contributed by atoms with E-state index < -0.39 is 55.7 Å². The molecule has 3 N–H and O–H groups in total. The van der Waals surface area contributed by atoms with Gasteiger partial charge in [0.05, 0.1) is 18.8 Å². The lowest BCUT2D eigenvalue weighted by Gasteiger charge is -2.36. The maximum atomic E-state index is 14.1. The Morgan fingerprint density at radius 3 is 2.24 bits per heavy atom. The molecule has 0 spiro atoms. The molecule has 2 fully saturated rings. The number of fused-ring (bicyclic) bond motifs is 1. The van der Waals surface area contributed by atoms with Gasteiger partial charge in [0.15, 0.2) is 8.32 Å². The fraction of sp³-hybridized carbons (Fsp3) is 0.564. The number of carbonyl (C=O) groups is 5. The Bertz CT molecular complexity index is 1540. The van der Waals surface area contributed by atoms with Crippen molar-refractivity contribution in [2.75, 3.05) is 13.2 Å². The Labute approximate surface area is 303 Å². The van der Waals surface area contributed by atoms with Crippen LogP contribution in [0.5, 0.6) is 0 Å². The zero-order valence-electron chi connectivity index (χ0n) is 31.3. The number of benzene rings is 2. The van der Waals surface area contributed by atoms with Crippen LogP contribution in [0.4, 0.5) is 0 Å². The summed E-state index contributed by atoms with van der Waals surface area (Å²) in [7, 11) is -1.93. The van der Waals surface area contributed by atoms with E-state index in [0.29, 0.717) is 44.4 Å². The molecule has 0 saturated carbocycles. The summed E-state index contributed by atoms with van der Waals surface area (Å²) in [4.78, 5) is 69.3. The number of nitrogens with zero attached hydrogens (tertiary/aromatic N) is 1. The summed E-state index contributed by atoms with van der Waals surface area (Å²) in [5, 5.41) is 8.81. The number of hydrogen-bond acceptors (Lipinski definition) is 7. The van der Waals surface area contributed by atoms with Crippen LogP contribution in [0.1, 0.15) is 94.6 Å². The Morgan fingerprint density at radius 1 is 0.922 bits per heavy atom. The monoisotopic (exact) mass is 720 g/mol. The molecule has 2 aromatic rings. The first-order valence-electron chi connectivity index (χ1n) is 18.2. The molecule has 4 rings (SSSR count). The minimum absolute atomic E-state index is 0.0950. The highest BCUT2D eigenvalue weighted by Gasteiger charge is 2.43. The normalized spacial score (nSPS) is 23.4. The van der Waals surface area contributed by atoms with Gasteiger partial charge >= 0.3 is 5.97 Å². The van der Waals surface area contributed by atoms with Gasteiger partial charge in [0.2, 0.25) is 23.6 Å². The third-order valence-corrected chi connectivity index (χ3v) is 15.2. The standard InChI is InChI=1S/C39H56N4O7Si/c1-8-39(5)37(48)41-31(25-27-19-21-28(22-20-27)26-50-51(6,7)38(2,3)4)35(46)43-23-14-18-32(43)34(45)40-30(33(44)42-39)17-12-13-24-49-36(47)29-15-10-9-11-16-29/h9-11,15-16,19-22,30-32H,8,12-14,17-18,23-26H2,1-7H3,(H,40,45)(H,41,48)(H,42,44)/t30-,31-,32+,39-/m0/s1. The second-order valence-electron chi connectivity index (χ2n) is 15.5. The number of rotatable bonds is 12. The smallest absolute Gasteiger partial charge is 0.338 e. The van der Waals surface area contributed by atoms with Crippen LogP contribution in [-0.2, 0) is 41.4 Å². The molecule has 4 atom stereocenters. The number of hydrogen-bond donors (Lipinski definition) is 3. The molecular weight excluding hydrogens is 665 g/mol. The third kappa shape index (κ3) is 10.3. The molecule has 2 aliphatic heterocycles. The molecule has 0 radical (unpaired) electrons. The quantitative estimate of drug-likeness (QED) is 0.159. The van der Waals surface area contributed by atoms with E-state index in [1.807, 2.05) is 30.3 Å². The van der Waals surface area contributed by atoms with Crippen molar-refractivity contribution in [3.8, 4) is 0 Å². The van der Waals surface area contributed by atoms with Crippen LogP contribution in [0.3, 0.4) is 0 Å². The van der Waals surface area contributed by atoms with E-state index in [1.165, 1.54) is 0 Å². The summed E-state index contributed by atoms with van der Waals surface area (Å²) in [5.74, 6) is -2.09. The van der Waals surface area contributed by atoms with Crippen molar-refractivity contribution in [3.63, 3.8) is 0 Å². The fourth-order valence-electron chi connectivity index (χ4n) is 5.98. The van der Waals surface area contributed by atoms with Crippen molar-refractivity contribution in [2.45, 2.75) is 128 Å². The van der Waals surface area contributed by atoms with Crippen LogP contribution in [0.2, 0.25) is 18.1 Å². The first-order chi connectivity index (χ1) is 24.0. The van der Waals surface area contributed by atoms with Crippen LogP contribution < -0.4 is 16.0 Å². The topological polar surface area (TPSA) is 143 Å². The first-order valence-corrected chi connectivity index (χ1v) is 21.1. The number of ether oxygens (including phenoxy) is 1. The van der Waals surface area contributed by atoms with Crippen molar-refractivity contribution in [1.29, 1.82) is 0 Å². The third-order valence-electron chi connectivity index (χ3n) is 10.7. The van der Waals surface area contributed by atoms with Gasteiger partial charge in [0.25, 0.3) is 0 Å². The van der Waals surface area contributed by atoms with Crippen LogP contribution >= 0.6 is 0 Å². The average Bonchev–Trinajstić information content (AvgIpc) is 3.59. The molecular formula is C39H56N4O7Si. The van der Waals surface area contributed by atoms with E-state index in [2.05, 4.69) is 49.8 Å². The average molecular weight is 721 g/mol. The summed E-state index contributed by atoms with van der Waals surface area (Å²) in [6.07, 6.45) is 2.79. The van der Waals surface area contributed by atoms with Crippen LogP contribution in [0.15, 0.2) is 54.6 Å². The van der Waals surface area contributed by atoms with Gasteiger partial charge in [-0.25, -0.2) is 4.79 Å². The summed E-state index contributed by atoms with van der Waals surface area (Å²) in [6.45, 7) is 15.5. The number of esters is 1. The van der Waals surface area contributed by atoms with Gasteiger partial charge in [-0.2, -0.15) is 0 Å². The molecule has 2 saturated heterocycles. The molecule has 2 heterocycles. The van der Waals surface area contributed by atoms with E-state index >= 15 is 0 Å². The highest BCUT2D eigenvalue weighted by atomic mass is 28.4. The molecule has 0 unspecified atom stereocenters. The van der Waals surface area contributed by atoms with Gasteiger partial charge in [-0.1, -0.05) is 70.2 Å². The molecule has 11 nitrogen and oxygen atoms in total. The molecule has 51 heavy (non-hydrogen) atoms. The van der Waals surface area contributed by atoms with Gasteiger partial charge in [-0.15, -0.1) is 0 Å². The number of unbranched alkanes of at least 4 members (excludes halogenated alkanes) is 1. The number of carbonyl (C=O) groups excluding carboxylic acids is 5. The largest absolute Gasteiger partial charge is 0.462 e. The second kappa shape index (κ2) is 17.0. The van der Waals surface area contributed by atoms with Gasteiger partial charge in [0.1, 0.15) is 23.7 Å². The van der Waals surface area contributed by atoms with Crippen molar-refractivity contribution in [2.24, 2.45) is 0 Å². The SMILES string of the molecule is CC[C@]1(C)NC(=O)[C@H](CCCCOC(=O)c2ccccc2)NC(=O)[C@H]2CCCN2C(=O)[C@H](Cc2ccc(CO[Si](C)(C)C(C)(C)C)cc2)NC1=O. The Balaban J connectivity index is 1.46. The molecule has 0 aromatic heterocycles. The minimum Gasteiger partial charge on any atom is -0.462 e. The number of nitrogens with one attached hydrogen (secondary N) is 3.